The molecule has 13 nitrogen and oxygen atoms in total. The third-order valence-electron chi connectivity index (χ3n) is 5.93. The van der Waals surface area contributed by atoms with Crippen LogP contribution in [0.4, 0.5) is 5.69 Å². The van der Waals surface area contributed by atoms with Crippen LogP contribution in [0, 0.1) is 10.1 Å². The molecule has 1 saturated heterocycles. The van der Waals surface area contributed by atoms with Gasteiger partial charge in [-0.05, 0) is 13.8 Å². The van der Waals surface area contributed by atoms with Crippen molar-refractivity contribution in [2.45, 2.75) is 44.4 Å². The summed E-state index contributed by atoms with van der Waals surface area (Å²) >= 11 is 0. The highest BCUT2D eigenvalue weighted by atomic mass is 16.7. The van der Waals surface area contributed by atoms with Gasteiger partial charge in [0, 0.05) is 23.0 Å². The molecule has 0 aliphatic carbocycles. The van der Waals surface area contributed by atoms with E-state index in [-0.39, 0.29) is 35.6 Å². The van der Waals surface area contributed by atoms with Crippen molar-refractivity contribution >= 4 is 17.6 Å². The number of nitro groups is 1. The van der Waals surface area contributed by atoms with E-state index in [2.05, 4.69) is 5.32 Å². The Morgan fingerprint density at radius 2 is 1.72 bits per heavy atom. The molecule has 0 spiro atoms. The molecule has 0 amide bonds. The number of nitrogens with zero attached hydrogens (tertiary/aromatic N) is 1. The first-order valence-corrected chi connectivity index (χ1v) is 11.0. The number of dihydropyridines is 1. The minimum Gasteiger partial charge on any atom is -0.466 e. The maximum atomic E-state index is 13.2. The minimum atomic E-state index is -1.40. The van der Waals surface area contributed by atoms with Crippen LogP contribution in [0.3, 0.4) is 0 Å². The van der Waals surface area contributed by atoms with Crippen LogP contribution >= 0.6 is 0 Å². The van der Waals surface area contributed by atoms with Crippen molar-refractivity contribution in [3.8, 4) is 0 Å². The first kappa shape index (κ1) is 27.2. The average Bonchev–Trinajstić information content (AvgIpc) is 3.13. The van der Waals surface area contributed by atoms with Gasteiger partial charge in [-0.1, -0.05) is 18.2 Å². The number of ether oxygens (including phenoxy) is 4. The summed E-state index contributed by atoms with van der Waals surface area (Å²) in [5.74, 6) is -2.77. The Morgan fingerprint density at radius 3 is 2.31 bits per heavy atom. The van der Waals surface area contributed by atoms with Crippen LogP contribution in [0.15, 0.2) is 46.8 Å². The van der Waals surface area contributed by atoms with Crippen molar-refractivity contribution in [3.05, 3.63) is 62.5 Å². The largest absolute Gasteiger partial charge is 0.466 e. The van der Waals surface area contributed by atoms with Gasteiger partial charge in [-0.2, -0.15) is 0 Å². The summed E-state index contributed by atoms with van der Waals surface area (Å²) in [6.45, 7) is 2.12. The number of carbonyl (C=O) groups excluding carboxylic acids is 2. The van der Waals surface area contributed by atoms with E-state index in [1.165, 1.54) is 18.2 Å². The Morgan fingerprint density at radius 1 is 1.08 bits per heavy atom. The highest BCUT2D eigenvalue weighted by Crippen LogP contribution is 2.42. The van der Waals surface area contributed by atoms with Crippen LogP contribution in [0.2, 0.25) is 0 Å². The van der Waals surface area contributed by atoms with Gasteiger partial charge in [0.15, 0.2) is 6.29 Å². The number of para-hydroxylation sites is 1. The Kier molecular flexibility index (Phi) is 8.76. The molecule has 4 N–H and O–H groups in total. The maximum Gasteiger partial charge on any atom is 0.336 e. The van der Waals surface area contributed by atoms with Crippen molar-refractivity contribution in [3.63, 3.8) is 0 Å². The van der Waals surface area contributed by atoms with E-state index >= 15 is 0 Å². The lowest BCUT2D eigenvalue weighted by Gasteiger charge is -2.30. The van der Waals surface area contributed by atoms with Gasteiger partial charge in [-0.3, -0.25) is 10.1 Å². The predicted octanol–water partition coefficient (Wildman–Crippen LogP) is 0.00140. The molecule has 0 saturated carbocycles. The molecule has 1 fully saturated rings. The molecule has 1 unspecified atom stereocenters. The predicted molar refractivity (Wildman–Crippen MR) is 121 cm³/mol. The molecule has 13 heteroatoms. The first-order valence-electron chi connectivity index (χ1n) is 11.0. The number of benzene rings is 1. The molecule has 0 radical (unpaired) electrons. The van der Waals surface area contributed by atoms with E-state index in [0.717, 1.165) is 7.11 Å². The van der Waals surface area contributed by atoms with Gasteiger partial charge in [0.05, 0.1) is 42.3 Å². The zero-order valence-electron chi connectivity index (χ0n) is 19.9. The highest BCUT2D eigenvalue weighted by Gasteiger charge is 2.43. The molecular formula is C23H28N2O11. The van der Waals surface area contributed by atoms with Gasteiger partial charge < -0.3 is 39.6 Å². The second-order valence-corrected chi connectivity index (χ2v) is 8.16. The van der Waals surface area contributed by atoms with Gasteiger partial charge in [0.25, 0.3) is 5.69 Å². The van der Waals surface area contributed by atoms with Crippen LogP contribution in [-0.4, -0.2) is 83.7 Å². The summed E-state index contributed by atoms with van der Waals surface area (Å²) in [5.41, 5.74) is 0.516. The summed E-state index contributed by atoms with van der Waals surface area (Å²) < 4.78 is 20.7. The minimum absolute atomic E-state index is 0.0205. The van der Waals surface area contributed by atoms with E-state index in [1.807, 2.05) is 0 Å². The number of nitro benzene ring substituents is 1. The molecule has 36 heavy (non-hydrogen) atoms. The Bertz CT molecular complexity index is 1080. The van der Waals surface area contributed by atoms with Crippen LogP contribution in [0.25, 0.3) is 0 Å². The third-order valence-corrected chi connectivity index (χ3v) is 5.93. The number of aliphatic hydroxyl groups is 3. The number of methoxy groups -OCH3 is 1. The summed E-state index contributed by atoms with van der Waals surface area (Å²) in [6.07, 6.45) is -4.98. The summed E-state index contributed by atoms with van der Waals surface area (Å²) in [6, 6.07) is 5.76. The second kappa shape index (κ2) is 11.6. The van der Waals surface area contributed by atoms with Gasteiger partial charge >= 0.3 is 11.9 Å². The van der Waals surface area contributed by atoms with Gasteiger partial charge in [0.2, 0.25) is 0 Å². The number of carbonyl (C=O) groups is 2. The van der Waals surface area contributed by atoms with Crippen molar-refractivity contribution < 1.29 is 48.8 Å². The monoisotopic (exact) mass is 508 g/mol. The van der Waals surface area contributed by atoms with E-state index < -0.39 is 54.0 Å². The molecule has 3 rings (SSSR count). The normalized spacial score (nSPS) is 26.0. The lowest BCUT2D eigenvalue weighted by molar-refractivity contribution is -0.385. The van der Waals surface area contributed by atoms with E-state index in [0.29, 0.717) is 11.4 Å². The van der Waals surface area contributed by atoms with Crippen molar-refractivity contribution in [2.75, 3.05) is 26.9 Å². The molecule has 2 heterocycles. The maximum absolute atomic E-state index is 13.2. The van der Waals surface area contributed by atoms with Crippen LogP contribution < -0.4 is 5.32 Å². The van der Waals surface area contributed by atoms with Crippen LogP contribution in [-0.2, 0) is 28.5 Å². The summed E-state index contributed by atoms with van der Waals surface area (Å²) in [7, 11) is 1.16. The molecule has 5 atom stereocenters. The molecule has 0 aromatic heterocycles. The molecule has 196 valence electrons. The molecule has 1 aromatic carbocycles. The number of nitrogens with one attached hydrogen (secondary N) is 1. The number of aliphatic hydroxyl groups excluding tert-OH is 3. The second-order valence-electron chi connectivity index (χ2n) is 8.16. The number of esters is 2. The molecule has 0 bridgehead atoms. The molecule has 2 aliphatic heterocycles. The molecule has 1 aromatic rings. The molecular weight excluding hydrogens is 480 g/mol. The fraction of sp³-hybridized carbons (Fsp3) is 0.478. The fourth-order valence-electron chi connectivity index (χ4n) is 4.23. The van der Waals surface area contributed by atoms with Crippen LogP contribution in [0.5, 0.6) is 0 Å². The van der Waals surface area contributed by atoms with Crippen LogP contribution in [0.1, 0.15) is 25.3 Å². The molecule has 2 aliphatic rings. The summed E-state index contributed by atoms with van der Waals surface area (Å²) in [4.78, 5) is 37.0. The standard InChI is InChI=1S/C23H28N2O11/c1-11-16(21(29)33-3)18(13-6-4-5-7-14(13)25(31)32)17(12(2)24-11)22(30)34-8-9-35-23-20(28)19(27)15(10-26)36-23/h4-7,15,18-20,23-24,26-28H,8-10H2,1-3H3/t15-,18?,19-,20-,23+/m1/s1. The Hall–Kier alpha value is -3.36. The SMILES string of the molecule is COC(=O)C1=C(C)NC(C)=C(C(=O)OCCO[C@H]2O[C@H](CO)[C@@H](O)[C@H]2O)C1c1ccccc1[N+](=O)[O-]. The lowest BCUT2D eigenvalue weighted by atomic mass is 9.79. The average molecular weight is 508 g/mol. The van der Waals surface area contributed by atoms with Gasteiger partial charge in [-0.15, -0.1) is 0 Å². The third kappa shape index (κ3) is 5.39. The highest BCUT2D eigenvalue weighted by molar-refractivity contribution is 6.00. The first-order chi connectivity index (χ1) is 17.1. The number of hydrogen-bond acceptors (Lipinski definition) is 12. The quantitative estimate of drug-likeness (QED) is 0.152. The van der Waals surface area contributed by atoms with E-state index in [4.69, 9.17) is 24.1 Å². The smallest absolute Gasteiger partial charge is 0.336 e. The Balaban J connectivity index is 1.82. The zero-order chi connectivity index (χ0) is 26.6. The van der Waals surface area contributed by atoms with Crippen molar-refractivity contribution in [1.82, 2.24) is 5.32 Å². The lowest BCUT2D eigenvalue weighted by Crippen LogP contribution is -2.35. The number of hydrogen-bond donors (Lipinski definition) is 4. The Labute approximate surface area is 206 Å². The number of rotatable bonds is 9. The van der Waals surface area contributed by atoms with E-state index in [1.54, 1.807) is 19.9 Å². The van der Waals surface area contributed by atoms with Crippen molar-refractivity contribution in [2.24, 2.45) is 0 Å². The zero-order valence-corrected chi connectivity index (χ0v) is 19.9. The topological polar surface area (TPSA) is 187 Å². The van der Waals surface area contributed by atoms with E-state index in [9.17, 15) is 29.9 Å². The van der Waals surface area contributed by atoms with Gasteiger partial charge in [0.1, 0.15) is 24.9 Å². The number of allylic oxidation sites excluding steroid dienone is 2. The fourth-order valence-corrected chi connectivity index (χ4v) is 4.23. The summed E-state index contributed by atoms with van der Waals surface area (Å²) in [5, 5.41) is 43.5. The van der Waals surface area contributed by atoms with Gasteiger partial charge in [-0.25, -0.2) is 9.59 Å². The van der Waals surface area contributed by atoms with Crippen molar-refractivity contribution in [1.29, 1.82) is 0 Å².